The zero-order valence-electron chi connectivity index (χ0n) is 14.5. The largest absolute Gasteiger partial charge is 0.300 e. The van der Waals surface area contributed by atoms with Crippen molar-refractivity contribution < 1.29 is 4.79 Å². The average Bonchev–Trinajstić information content (AvgIpc) is 2.59. The zero-order chi connectivity index (χ0) is 16.9. The number of hydrogen-bond donors (Lipinski definition) is 0. The van der Waals surface area contributed by atoms with E-state index in [1.54, 1.807) is 0 Å². The van der Waals surface area contributed by atoms with E-state index in [2.05, 4.69) is 80.6 Å². The SMILES string of the molecule is Cc1cccc(CCC(=O)C[C@H](C)c2cccc3ccccc23)c1. The van der Waals surface area contributed by atoms with Crippen LogP contribution < -0.4 is 0 Å². The Morgan fingerprint density at radius 1 is 0.958 bits per heavy atom. The summed E-state index contributed by atoms with van der Waals surface area (Å²) in [6.45, 7) is 4.25. The molecule has 1 heteroatoms. The van der Waals surface area contributed by atoms with Crippen LogP contribution in [0.15, 0.2) is 66.7 Å². The van der Waals surface area contributed by atoms with E-state index in [0.29, 0.717) is 18.6 Å². The van der Waals surface area contributed by atoms with Gasteiger partial charge in [-0.15, -0.1) is 0 Å². The van der Waals surface area contributed by atoms with Gasteiger partial charge in [0.25, 0.3) is 0 Å². The van der Waals surface area contributed by atoms with Crippen LogP contribution in [0.25, 0.3) is 10.8 Å². The van der Waals surface area contributed by atoms with E-state index in [1.165, 1.54) is 27.5 Å². The van der Waals surface area contributed by atoms with Crippen molar-refractivity contribution in [1.29, 1.82) is 0 Å². The molecular weight excluding hydrogens is 292 g/mol. The minimum atomic E-state index is 0.251. The lowest BCUT2D eigenvalue weighted by molar-refractivity contribution is -0.119. The number of carbonyl (C=O) groups is 1. The lowest BCUT2D eigenvalue weighted by atomic mass is 9.90. The van der Waals surface area contributed by atoms with Gasteiger partial charge in [0.15, 0.2) is 0 Å². The van der Waals surface area contributed by atoms with Crippen molar-refractivity contribution in [1.82, 2.24) is 0 Å². The smallest absolute Gasteiger partial charge is 0.133 e. The summed E-state index contributed by atoms with van der Waals surface area (Å²) in [5, 5.41) is 2.51. The molecule has 3 rings (SSSR count). The fourth-order valence-corrected chi connectivity index (χ4v) is 3.39. The van der Waals surface area contributed by atoms with Gasteiger partial charge in [0.1, 0.15) is 5.78 Å². The molecule has 1 atom stereocenters. The van der Waals surface area contributed by atoms with Crippen molar-refractivity contribution in [2.75, 3.05) is 0 Å². The van der Waals surface area contributed by atoms with Crippen molar-refractivity contribution in [2.45, 2.75) is 39.0 Å². The normalized spacial score (nSPS) is 12.2. The number of rotatable bonds is 6. The highest BCUT2D eigenvalue weighted by Crippen LogP contribution is 2.28. The molecule has 24 heavy (non-hydrogen) atoms. The maximum Gasteiger partial charge on any atom is 0.133 e. The molecule has 3 aromatic carbocycles. The highest BCUT2D eigenvalue weighted by Gasteiger charge is 2.13. The first-order chi connectivity index (χ1) is 11.6. The first-order valence-corrected chi connectivity index (χ1v) is 8.68. The molecular formula is C23H24O. The van der Waals surface area contributed by atoms with Gasteiger partial charge in [-0.2, -0.15) is 0 Å². The molecule has 0 N–H and O–H groups in total. The second kappa shape index (κ2) is 7.44. The second-order valence-corrected chi connectivity index (χ2v) is 6.70. The zero-order valence-corrected chi connectivity index (χ0v) is 14.5. The van der Waals surface area contributed by atoms with Gasteiger partial charge in [-0.1, -0.05) is 79.2 Å². The fraction of sp³-hybridized carbons (Fsp3) is 0.261. The fourth-order valence-electron chi connectivity index (χ4n) is 3.39. The number of benzene rings is 3. The number of fused-ring (bicyclic) bond motifs is 1. The van der Waals surface area contributed by atoms with Crippen LogP contribution in [0.5, 0.6) is 0 Å². The monoisotopic (exact) mass is 316 g/mol. The Morgan fingerprint density at radius 2 is 1.71 bits per heavy atom. The number of carbonyl (C=O) groups excluding carboxylic acids is 1. The van der Waals surface area contributed by atoms with Gasteiger partial charge in [-0.25, -0.2) is 0 Å². The average molecular weight is 316 g/mol. The predicted octanol–water partition coefficient (Wildman–Crippen LogP) is 5.84. The molecule has 0 radical (unpaired) electrons. The lowest BCUT2D eigenvalue weighted by Gasteiger charge is -2.14. The molecule has 3 aromatic rings. The van der Waals surface area contributed by atoms with Crippen LogP contribution in [0.2, 0.25) is 0 Å². The van der Waals surface area contributed by atoms with Crippen LogP contribution in [-0.4, -0.2) is 5.78 Å². The first-order valence-electron chi connectivity index (χ1n) is 8.68. The Balaban J connectivity index is 1.65. The summed E-state index contributed by atoms with van der Waals surface area (Å²) >= 11 is 0. The highest BCUT2D eigenvalue weighted by molar-refractivity contribution is 5.87. The van der Waals surface area contributed by atoms with Crippen LogP contribution in [0, 0.1) is 6.92 Å². The van der Waals surface area contributed by atoms with Gasteiger partial charge < -0.3 is 0 Å². The van der Waals surface area contributed by atoms with Crippen LogP contribution in [-0.2, 0) is 11.2 Å². The Labute approximate surface area is 144 Å². The molecule has 0 spiro atoms. The lowest BCUT2D eigenvalue weighted by Crippen LogP contribution is -2.06. The summed E-state index contributed by atoms with van der Waals surface area (Å²) in [5.74, 6) is 0.595. The Morgan fingerprint density at radius 3 is 2.54 bits per heavy atom. The summed E-state index contributed by atoms with van der Waals surface area (Å²) in [4.78, 5) is 12.4. The molecule has 0 amide bonds. The van der Waals surface area contributed by atoms with E-state index in [4.69, 9.17) is 0 Å². The molecule has 1 nitrogen and oxygen atoms in total. The summed E-state index contributed by atoms with van der Waals surface area (Å²) in [7, 11) is 0. The minimum absolute atomic E-state index is 0.251. The van der Waals surface area contributed by atoms with Crippen LogP contribution in [0.4, 0.5) is 0 Å². The van der Waals surface area contributed by atoms with Gasteiger partial charge >= 0.3 is 0 Å². The third-order valence-electron chi connectivity index (χ3n) is 4.66. The molecule has 0 bridgehead atoms. The third-order valence-corrected chi connectivity index (χ3v) is 4.66. The molecule has 0 aliphatic rings. The van der Waals surface area contributed by atoms with E-state index >= 15 is 0 Å². The van der Waals surface area contributed by atoms with Crippen LogP contribution in [0.3, 0.4) is 0 Å². The molecule has 0 fully saturated rings. The summed E-state index contributed by atoms with van der Waals surface area (Å²) < 4.78 is 0. The van der Waals surface area contributed by atoms with Gasteiger partial charge in [-0.05, 0) is 41.2 Å². The van der Waals surface area contributed by atoms with Crippen LogP contribution >= 0.6 is 0 Å². The van der Waals surface area contributed by atoms with E-state index < -0.39 is 0 Å². The van der Waals surface area contributed by atoms with E-state index in [9.17, 15) is 4.79 Å². The highest BCUT2D eigenvalue weighted by atomic mass is 16.1. The molecule has 0 heterocycles. The standard InChI is InChI=1S/C23H24O/c1-17-7-5-8-19(15-17)13-14-21(24)16-18(2)22-12-6-10-20-9-3-4-11-23(20)22/h3-12,15,18H,13-14,16H2,1-2H3/t18-/m0/s1. The molecule has 0 saturated carbocycles. The molecule has 0 aromatic heterocycles. The van der Waals surface area contributed by atoms with Gasteiger partial charge in [-0.3, -0.25) is 4.79 Å². The number of ketones is 1. The molecule has 0 aliphatic heterocycles. The van der Waals surface area contributed by atoms with Crippen molar-refractivity contribution in [2.24, 2.45) is 0 Å². The summed E-state index contributed by atoms with van der Waals surface area (Å²) in [6.07, 6.45) is 2.07. The second-order valence-electron chi connectivity index (χ2n) is 6.70. The number of Topliss-reactive ketones (excluding diaryl/α,β-unsaturated/α-hetero) is 1. The molecule has 0 aliphatic carbocycles. The van der Waals surface area contributed by atoms with Crippen LogP contribution in [0.1, 0.15) is 42.4 Å². The van der Waals surface area contributed by atoms with Crippen molar-refractivity contribution in [3.05, 3.63) is 83.4 Å². The Hall–Kier alpha value is -2.41. The summed E-state index contributed by atoms with van der Waals surface area (Å²) in [5.41, 5.74) is 3.78. The minimum Gasteiger partial charge on any atom is -0.300 e. The van der Waals surface area contributed by atoms with Gasteiger partial charge in [0.2, 0.25) is 0 Å². The van der Waals surface area contributed by atoms with Gasteiger partial charge in [0.05, 0.1) is 0 Å². The molecule has 0 saturated heterocycles. The van der Waals surface area contributed by atoms with Crippen molar-refractivity contribution >= 4 is 16.6 Å². The van der Waals surface area contributed by atoms with E-state index in [-0.39, 0.29) is 5.92 Å². The number of hydrogen-bond acceptors (Lipinski definition) is 1. The molecule has 122 valence electrons. The third kappa shape index (κ3) is 3.91. The maximum atomic E-state index is 12.4. The first kappa shape index (κ1) is 16.4. The van der Waals surface area contributed by atoms with E-state index in [0.717, 1.165) is 6.42 Å². The summed E-state index contributed by atoms with van der Waals surface area (Å²) in [6, 6.07) is 23.2. The van der Waals surface area contributed by atoms with Crippen molar-refractivity contribution in [3.8, 4) is 0 Å². The number of aryl methyl sites for hydroxylation is 2. The Kier molecular flexibility index (Phi) is 5.10. The Bertz CT molecular complexity index is 842. The van der Waals surface area contributed by atoms with Crippen molar-refractivity contribution in [3.63, 3.8) is 0 Å². The topological polar surface area (TPSA) is 17.1 Å². The molecule has 0 unspecified atom stereocenters. The van der Waals surface area contributed by atoms with Gasteiger partial charge in [0, 0.05) is 12.8 Å². The van der Waals surface area contributed by atoms with E-state index in [1.807, 2.05) is 0 Å². The maximum absolute atomic E-state index is 12.4. The quantitative estimate of drug-likeness (QED) is 0.558. The predicted molar refractivity (Wildman–Crippen MR) is 101 cm³/mol.